The molecule has 0 saturated carbocycles. The number of H-pyrrole nitrogens is 1. The van der Waals surface area contributed by atoms with Gasteiger partial charge in [-0.25, -0.2) is 0 Å². The predicted molar refractivity (Wildman–Crippen MR) is 55.9 cm³/mol. The molecular formula is C12H8NO. The van der Waals surface area contributed by atoms with Crippen molar-refractivity contribution in [3.05, 3.63) is 42.5 Å². The Hall–Kier alpha value is -1.96. The number of hydrogen-bond donors (Lipinski definition) is 1. The van der Waals surface area contributed by atoms with Crippen LogP contribution in [0.25, 0.3) is 21.8 Å². The van der Waals surface area contributed by atoms with Crippen LogP contribution in [0.3, 0.4) is 0 Å². The molecule has 1 radical (unpaired) electrons. The normalized spacial score (nSPS) is 11.1. The van der Waals surface area contributed by atoms with Crippen LogP contribution in [-0.2, 0) is 5.11 Å². The highest BCUT2D eigenvalue weighted by Gasteiger charge is 2.07. The molecule has 0 atom stereocenters. The SMILES string of the molecule is [O]c1cccc2[nH]c3ccccc3c12. The quantitative estimate of drug-likeness (QED) is 0.552. The smallest absolute Gasteiger partial charge is 0.188 e. The van der Waals surface area contributed by atoms with Crippen molar-refractivity contribution in [1.82, 2.24) is 4.98 Å². The first-order valence-electron chi connectivity index (χ1n) is 4.53. The van der Waals surface area contributed by atoms with Gasteiger partial charge in [-0.2, -0.15) is 0 Å². The Balaban J connectivity index is 2.65. The van der Waals surface area contributed by atoms with E-state index in [1.54, 1.807) is 12.1 Å². The van der Waals surface area contributed by atoms with Gasteiger partial charge in [0.05, 0.1) is 10.9 Å². The molecule has 2 heteroatoms. The molecule has 67 valence electrons. The lowest BCUT2D eigenvalue weighted by molar-refractivity contribution is 0.360. The molecule has 3 aromatic rings. The first kappa shape index (κ1) is 7.44. The Morgan fingerprint density at radius 2 is 1.64 bits per heavy atom. The van der Waals surface area contributed by atoms with Gasteiger partial charge >= 0.3 is 0 Å². The van der Waals surface area contributed by atoms with Crippen LogP contribution in [-0.4, -0.2) is 4.98 Å². The molecule has 0 fully saturated rings. The van der Waals surface area contributed by atoms with Crippen LogP contribution < -0.4 is 0 Å². The molecule has 0 aliphatic carbocycles. The second-order valence-corrected chi connectivity index (χ2v) is 3.35. The van der Waals surface area contributed by atoms with Crippen molar-refractivity contribution in [2.24, 2.45) is 0 Å². The third kappa shape index (κ3) is 0.852. The summed E-state index contributed by atoms with van der Waals surface area (Å²) in [5.41, 5.74) is 1.93. The number of para-hydroxylation sites is 1. The third-order valence-electron chi connectivity index (χ3n) is 2.49. The number of nitrogens with one attached hydrogen (secondary N) is 1. The number of aromatic nitrogens is 1. The van der Waals surface area contributed by atoms with Gasteiger partial charge in [-0.3, -0.25) is 5.11 Å². The molecule has 2 aromatic carbocycles. The molecule has 2 nitrogen and oxygen atoms in total. The van der Waals surface area contributed by atoms with Crippen LogP contribution >= 0.6 is 0 Å². The second-order valence-electron chi connectivity index (χ2n) is 3.35. The summed E-state index contributed by atoms with van der Waals surface area (Å²) in [5.74, 6) is 0.0833. The molecule has 1 N–H and O–H groups in total. The Morgan fingerprint density at radius 1 is 0.857 bits per heavy atom. The molecule has 0 aliphatic rings. The van der Waals surface area contributed by atoms with E-state index in [1.165, 1.54) is 0 Å². The number of benzene rings is 2. The van der Waals surface area contributed by atoms with Crippen LogP contribution in [0.2, 0.25) is 0 Å². The van der Waals surface area contributed by atoms with Gasteiger partial charge in [0.2, 0.25) is 0 Å². The zero-order valence-corrected chi connectivity index (χ0v) is 7.45. The fraction of sp³-hybridized carbons (Fsp3) is 0. The highest BCUT2D eigenvalue weighted by Crippen LogP contribution is 2.32. The van der Waals surface area contributed by atoms with Crippen molar-refractivity contribution in [1.29, 1.82) is 0 Å². The van der Waals surface area contributed by atoms with E-state index in [4.69, 9.17) is 0 Å². The van der Waals surface area contributed by atoms with Crippen LogP contribution in [0.4, 0.5) is 0 Å². The van der Waals surface area contributed by atoms with Crippen LogP contribution in [0.5, 0.6) is 5.75 Å². The van der Waals surface area contributed by atoms with Crippen molar-refractivity contribution in [3.8, 4) is 5.75 Å². The topological polar surface area (TPSA) is 35.7 Å². The van der Waals surface area contributed by atoms with Crippen LogP contribution in [0.1, 0.15) is 0 Å². The van der Waals surface area contributed by atoms with Crippen LogP contribution in [0.15, 0.2) is 42.5 Å². The summed E-state index contributed by atoms with van der Waals surface area (Å²) in [4.78, 5) is 3.22. The monoisotopic (exact) mass is 182 g/mol. The van der Waals surface area contributed by atoms with E-state index >= 15 is 0 Å². The molecule has 0 unspecified atom stereocenters. The van der Waals surface area contributed by atoms with E-state index in [1.807, 2.05) is 30.3 Å². The Labute approximate surface area is 80.8 Å². The zero-order valence-electron chi connectivity index (χ0n) is 7.45. The molecule has 14 heavy (non-hydrogen) atoms. The van der Waals surface area contributed by atoms with Crippen molar-refractivity contribution >= 4 is 21.8 Å². The van der Waals surface area contributed by atoms with E-state index in [0.717, 1.165) is 21.8 Å². The largest absolute Gasteiger partial charge is 0.354 e. The molecule has 1 aromatic heterocycles. The number of aromatic amines is 1. The summed E-state index contributed by atoms with van der Waals surface area (Å²) >= 11 is 0. The van der Waals surface area contributed by atoms with Crippen molar-refractivity contribution in [3.63, 3.8) is 0 Å². The van der Waals surface area contributed by atoms with E-state index in [0.29, 0.717) is 0 Å². The molecular weight excluding hydrogens is 174 g/mol. The summed E-state index contributed by atoms with van der Waals surface area (Å²) in [7, 11) is 0. The molecule has 0 amide bonds. The van der Waals surface area contributed by atoms with E-state index < -0.39 is 0 Å². The summed E-state index contributed by atoms with van der Waals surface area (Å²) < 4.78 is 0. The average Bonchev–Trinajstić information content (AvgIpc) is 2.57. The summed E-state index contributed by atoms with van der Waals surface area (Å²) in [6, 6.07) is 13.2. The molecule has 0 bridgehead atoms. The number of fused-ring (bicyclic) bond motifs is 3. The first-order valence-corrected chi connectivity index (χ1v) is 4.53. The van der Waals surface area contributed by atoms with Gasteiger partial charge in [0, 0.05) is 10.9 Å². The van der Waals surface area contributed by atoms with Gasteiger partial charge in [0.25, 0.3) is 0 Å². The van der Waals surface area contributed by atoms with E-state index in [2.05, 4.69) is 4.98 Å². The Kier molecular flexibility index (Phi) is 1.34. The van der Waals surface area contributed by atoms with Crippen molar-refractivity contribution in [2.45, 2.75) is 0 Å². The first-order chi connectivity index (χ1) is 6.86. The summed E-state index contributed by atoms with van der Waals surface area (Å²) in [5, 5.41) is 13.4. The van der Waals surface area contributed by atoms with Gasteiger partial charge < -0.3 is 4.98 Å². The van der Waals surface area contributed by atoms with Crippen molar-refractivity contribution < 1.29 is 5.11 Å². The fourth-order valence-corrected chi connectivity index (χ4v) is 1.87. The lowest BCUT2D eigenvalue weighted by Crippen LogP contribution is -1.66. The average molecular weight is 182 g/mol. The van der Waals surface area contributed by atoms with Crippen LogP contribution in [0, 0.1) is 0 Å². The third-order valence-corrected chi connectivity index (χ3v) is 2.49. The highest BCUT2D eigenvalue weighted by molar-refractivity contribution is 6.10. The maximum atomic E-state index is 11.6. The Bertz CT molecular complexity index is 610. The summed E-state index contributed by atoms with van der Waals surface area (Å²) in [6.45, 7) is 0. The zero-order chi connectivity index (χ0) is 9.54. The maximum absolute atomic E-state index is 11.6. The molecule has 3 rings (SSSR count). The minimum atomic E-state index is 0.0833. The Morgan fingerprint density at radius 3 is 2.57 bits per heavy atom. The molecule has 1 heterocycles. The molecule has 0 aliphatic heterocycles. The van der Waals surface area contributed by atoms with E-state index in [9.17, 15) is 5.11 Å². The predicted octanol–water partition coefficient (Wildman–Crippen LogP) is 3.46. The highest BCUT2D eigenvalue weighted by atomic mass is 16.3. The lowest BCUT2D eigenvalue weighted by atomic mass is 10.1. The second kappa shape index (κ2) is 2.51. The minimum absolute atomic E-state index is 0.0833. The summed E-state index contributed by atoms with van der Waals surface area (Å²) in [6.07, 6.45) is 0. The maximum Gasteiger partial charge on any atom is 0.188 e. The molecule has 0 spiro atoms. The van der Waals surface area contributed by atoms with Gasteiger partial charge in [-0.05, 0) is 18.2 Å². The van der Waals surface area contributed by atoms with Gasteiger partial charge in [0.1, 0.15) is 0 Å². The standard InChI is InChI=1S/C12H8NO/c14-11-7-3-6-10-12(11)8-4-1-2-5-9(8)13-10/h1-7,13H. The van der Waals surface area contributed by atoms with Gasteiger partial charge in [-0.1, -0.05) is 24.3 Å². The van der Waals surface area contributed by atoms with Gasteiger partial charge in [-0.15, -0.1) is 0 Å². The van der Waals surface area contributed by atoms with E-state index in [-0.39, 0.29) is 5.75 Å². The number of hydrogen-bond acceptors (Lipinski definition) is 0. The lowest BCUT2D eigenvalue weighted by Gasteiger charge is -1.90. The fourth-order valence-electron chi connectivity index (χ4n) is 1.87. The number of rotatable bonds is 0. The van der Waals surface area contributed by atoms with Crippen molar-refractivity contribution in [2.75, 3.05) is 0 Å². The van der Waals surface area contributed by atoms with Gasteiger partial charge in [0.15, 0.2) is 5.75 Å². The molecule has 0 saturated heterocycles. The minimum Gasteiger partial charge on any atom is -0.354 e.